The average Bonchev–Trinajstić information content (AvgIpc) is 3.13. The number of hydrogen-bond acceptors (Lipinski definition) is 3. The number of halogens is 1. The minimum atomic E-state index is -3.61. The van der Waals surface area contributed by atoms with Gasteiger partial charge in [0, 0.05) is 19.0 Å². The van der Waals surface area contributed by atoms with Crippen LogP contribution in [0.15, 0.2) is 23.1 Å². The molecule has 0 bridgehead atoms. The van der Waals surface area contributed by atoms with Crippen molar-refractivity contribution >= 4 is 21.6 Å². The Hall–Kier alpha value is -1.09. The van der Waals surface area contributed by atoms with Gasteiger partial charge < -0.3 is 0 Å². The lowest BCUT2D eigenvalue weighted by Gasteiger charge is -2.21. The Morgan fingerprint density at radius 2 is 2.16 bits per heavy atom. The highest BCUT2D eigenvalue weighted by Gasteiger charge is 2.38. The molecule has 0 heterocycles. The molecular formula is C13H15ClN2O2S. The topological polar surface area (TPSA) is 61.2 Å². The van der Waals surface area contributed by atoms with E-state index in [0.717, 1.165) is 18.4 Å². The van der Waals surface area contributed by atoms with E-state index in [2.05, 4.69) is 0 Å². The van der Waals surface area contributed by atoms with Crippen LogP contribution >= 0.6 is 11.6 Å². The molecule has 2 rings (SSSR count). The highest BCUT2D eigenvalue weighted by atomic mass is 35.5. The Bertz CT molecular complexity index is 618. The van der Waals surface area contributed by atoms with Crippen LogP contribution < -0.4 is 0 Å². The van der Waals surface area contributed by atoms with Gasteiger partial charge in [-0.2, -0.15) is 9.57 Å². The molecule has 4 nitrogen and oxygen atoms in total. The summed E-state index contributed by atoms with van der Waals surface area (Å²) in [6.07, 6.45) is 1.90. The molecule has 0 atom stereocenters. The van der Waals surface area contributed by atoms with Crippen molar-refractivity contribution < 1.29 is 8.42 Å². The van der Waals surface area contributed by atoms with E-state index in [0.29, 0.717) is 0 Å². The van der Waals surface area contributed by atoms with Crippen LogP contribution in [0, 0.1) is 18.3 Å². The highest BCUT2D eigenvalue weighted by molar-refractivity contribution is 7.89. The standard InChI is InChI=1S/C13H15ClN2O2S/c1-10-3-6-13(12(14)9-10)19(17,18)16(8-2-7-15)11-4-5-11/h3,6,9,11H,2,4-5,8H2,1H3. The summed E-state index contributed by atoms with van der Waals surface area (Å²) >= 11 is 6.05. The second-order valence-corrected chi connectivity index (χ2v) is 6.96. The number of benzene rings is 1. The SMILES string of the molecule is Cc1ccc(S(=O)(=O)N(CCC#N)C2CC2)c(Cl)c1. The van der Waals surface area contributed by atoms with Crippen LogP contribution in [-0.2, 0) is 10.0 Å². The molecule has 102 valence electrons. The average molecular weight is 299 g/mol. The van der Waals surface area contributed by atoms with E-state index < -0.39 is 10.0 Å². The maximum absolute atomic E-state index is 12.6. The first-order chi connectivity index (χ1) is 8.96. The zero-order valence-corrected chi connectivity index (χ0v) is 12.2. The molecule has 0 aliphatic heterocycles. The van der Waals surface area contributed by atoms with E-state index in [4.69, 9.17) is 16.9 Å². The summed E-state index contributed by atoms with van der Waals surface area (Å²) in [6.45, 7) is 2.09. The predicted molar refractivity (Wildman–Crippen MR) is 73.3 cm³/mol. The Morgan fingerprint density at radius 3 is 2.68 bits per heavy atom. The molecule has 0 saturated heterocycles. The molecule has 0 spiro atoms. The molecule has 1 aliphatic carbocycles. The van der Waals surface area contributed by atoms with Crippen LogP contribution in [-0.4, -0.2) is 25.3 Å². The van der Waals surface area contributed by atoms with Gasteiger partial charge in [-0.15, -0.1) is 0 Å². The fourth-order valence-corrected chi connectivity index (χ4v) is 4.22. The Morgan fingerprint density at radius 1 is 1.47 bits per heavy atom. The van der Waals surface area contributed by atoms with Crippen molar-refractivity contribution in [2.45, 2.75) is 37.1 Å². The maximum Gasteiger partial charge on any atom is 0.244 e. The second kappa shape index (κ2) is 5.49. The molecule has 1 fully saturated rings. The summed E-state index contributed by atoms with van der Waals surface area (Å²) in [6, 6.07) is 6.92. The smallest absolute Gasteiger partial charge is 0.207 e. The van der Waals surface area contributed by atoms with Crippen LogP contribution in [0.2, 0.25) is 5.02 Å². The second-order valence-electron chi connectivity index (χ2n) is 4.69. The monoisotopic (exact) mass is 298 g/mol. The minimum Gasteiger partial charge on any atom is -0.207 e. The van der Waals surface area contributed by atoms with E-state index in [9.17, 15) is 8.42 Å². The first-order valence-corrected chi connectivity index (χ1v) is 7.93. The van der Waals surface area contributed by atoms with E-state index >= 15 is 0 Å². The van der Waals surface area contributed by atoms with Crippen LogP contribution in [0.25, 0.3) is 0 Å². The number of aryl methyl sites for hydroxylation is 1. The van der Waals surface area contributed by atoms with Gasteiger partial charge >= 0.3 is 0 Å². The van der Waals surface area contributed by atoms with Crippen molar-refractivity contribution in [1.82, 2.24) is 4.31 Å². The van der Waals surface area contributed by atoms with Crippen molar-refractivity contribution in [1.29, 1.82) is 5.26 Å². The molecule has 0 unspecified atom stereocenters. The van der Waals surface area contributed by atoms with Crippen molar-refractivity contribution in [3.05, 3.63) is 28.8 Å². The van der Waals surface area contributed by atoms with Gasteiger partial charge in [-0.05, 0) is 37.5 Å². The molecule has 0 amide bonds. The molecule has 0 N–H and O–H groups in total. The molecule has 0 radical (unpaired) electrons. The van der Waals surface area contributed by atoms with Crippen LogP contribution in [0.3, 0.4) is 0 Å². The summed E-state index contributed by atoms with van der Waals surface area (Å²) in [7, 11) is -3.61. The molecule has 1 aromatic carbocycles. The van der Waals surface area contributed by atoms with Crippen LogP contribution in [0.5, 0.6) is 0 Å². The molecule has 1 aromatic rings. The van der Waals surface area contributed by atoms with Gasteiger partial charge in [0.2, 0.25) is 10.0 Å². The fraction of sp³-hybridized carbons (Fsp3) is 0.462. The van der Waals surface area contributed by atoms with Gasteiger partial charge in [0.05, 0.1) is 11.1 Å². The molecule has 1 saturated carbocycles. The molecule has 6 heteroatoms. The van der Waals surface area contributed by atoms with E-state index in [1.54, 1.807) is 12.1 Å². The first-order valence-electron chi connectivity index (χ1n) is 6.12. The third kappa shape index (κ3) is 3.08. The maximum atomic E-state index is 12.6. The van der Waals surface area contributed by atoms with Crippen molar-refractivity contribution in [2.24, 2.45) is 0 Å². The Labute approximate surface area is 118 Å². The molecule has 19 heavy (non-hydrogen) atoms. The lowest BCUT2D eigenvalue weighted by atomic mass is 10.2. The largest absolute Gasteiger partial charge is 0.244 e. The van der Waals surface area contributed by atoms with Gasteiger partial charge in [-0.3, -0.25) is 0 Å². The number of sulfonamides is 1. The molecular weight excluding hydrogens is 284 g/mol. The normalized spacial score (nSPS) is 15.5. The van der Waals surface area contributed by atoms with E-state index in [-0.39, 0.29) is 28.9 Å². The summed E-state index contributed by atoms with van der Waals surface area (Å²) in [5, 5.41) is 8.89. The first kappa shape index (κ1) is 14.3. The Kier molecular flexibility index (Phi) is 4.14. The molecule has 0 aromatic heterocycles. The van der Waals surface area contributed by atoms with Gasteiger partial charge in [0.15, 0.2) is 0 Å². The third-order valence-corrected chi connectivity index (χ3v) is 5.51. The van der Waals surface area contributed by atoms with E-state index in [1.165, 1.54) is 10.4 Å². The lowest BCUT2D eigenvalue weighted by molar-refractivity contribution is 0.411. The Balaban J connectivity index is 2.36. The number of nitrogens with zero attached hydrogens (tertiary/aromatic N) is 2. The number of nitriles is 1. The summed E-state index contributed by atoms with van der Waals surface area (Å²) < 4.78 is 26.6. The zero-order chi connectivity index (χ0) is 14.0. The van der Waals surface area contributed by atoms with E-state index in [1.807, 2.05) is 13.0 Å². The quantitative estimate of drug-likeness (QED) is 0.839. The number of hydrogen-bond donors (Lipinski definition) is 0. The fourth-order valence-electron chi connectivity index (χ4n) is 1.96. The van der Waals surface area contributed by atoms with Gasteiger partial charge in [-0.1, -0.05) is 17.7 Å². The van der Waals surface area contributed by atoms with Crippen molar-refractivity contribution in [3.8, 4) is 6.07 Å². The van der Waals surface area contributed by atoms with Crippen molar-refractivity contribution in [2.75, 3.05) is 6.54 Å². The van der Waals surface area contributed by atoms with Crippen molar-refractivity contribution in [3.63, 3.8) is 0 Å². The van der Waals surface area contributed by atoms with Crippen LogP contribution in [0.1, 0.15) is 24.8 Å². The van der Waals surface area contributed by atoms with Crippen LogP contribution in [0.4, 0.5) is 0 Å². The predicted octanol–water partition coefficient (Wildman–Crippen LogP) is 2.72. The van der Waals surface area contributed by atoms with Gasteiger partial charge in [-0.25, -0.2) is 8.42 Å². The molecule has 1 aliphatic rings. The highest BCUT2D eigenvalue weighted by Crippen LogP contribution is 2.34. The summed E-state index contributed by atoms with van der Waals surface area (Å²) in [5.41, 5.74) is 0.916. The summed E-state index contributed by atoms with van der Waals surface area (Å²) in [5.74, 6) is 0. The lowest BCUT2D eigenvalue weighted by Crippen LogP contribution is -2.34. The van der Waals surface area contributed by atoms with Gasteiger partial charge in [0.1, 0.15) is 4.90 Å². The summed E-state index contributed by atoms with van der Waals surface area (Å²) in [4.78, 5) is 0.129. The number of rotatable bonds is 5. The van der Waals surface area contributed by atoms with Gasteiger partial charge in [0.25, 0.3) is 0 Å². The third-order valence-electron chi connectivity index (χ3n) is 3.07. The zero-order valence-electron chi connectivity index (χ0n) is 10.6. The minimum absolute atomic E-state index is 0.0238.